The van der Waals surface area contributed by atoms with Crippen LogP contribution in [0.3, 0.4) is 0 Å². The highest BCUT2D eigenvalue weighted by Gasteiger charge is 2.12. The van der Waals surface area contributed by atoms with E-state index in [-0.39, 0.29) is 17.4 Å². The maximum atomic E-state index is 11.6. The number of carbonyl (C=O) groups is 1. The zero-order chi connectivity index (χ0) is 14.5. The monoisotopic (exact) mass is 262 g/mol. The topological polar surface area (TPSA) is 55.1 Å². The highest BCUT2D eigenvalue weighted by Crippen LogP contribution is 2.22. The van der Waals surface area contributed by atoms with Gasteiger partial charge in [-0.2, -0.15) is 0 Å². The van der Waals surface area contributed by atoms with Crippen molar-refractivity contribution < 1.29 is 4.79 Å². The van der Waals surface area contributed by atoms with Gasteiger partial charge in [0.25, 0.3) is 0 Å². The molecule has 0 heterocycles. The van der Waals surface area contributed by atoms with E-state index < -0.39 is 0 Å². The summed E-state index contributed by atoms with van der Waals surface area (Å²) < 4.78 is 0. The van der Waals surface area contributed by atoms with Crippen LogP contribution in [-0.4, -0.2) is 18.5 Å². The van der Waals surface area contributed by atoms with E-state index in [1.807, 2.05) is 6.92 Å². The lowest BCUT2D eigenvalue weighted by molar-refractivity contribution is -0.121. The van der Waals surface area contributed by atoms with Crippen LogP contribution in [-0.2, 0) is 16.6 Å². The lowest BCUT2D eigenvalue weighted by atomic mass is 9.86. The molecule has 0 spiro atoms. The van der Waals surface area contributed by atoms with Crippen molar-refractivity contribution in [1.82, 2.24) is 5.32 Å². The van der Waals surface area contributed by atoms with Gasteiger partial charge in [-0.1, -0.05) is 45.0 Å². The number of rotatable bonds is 5. The normalized spacial score (nSPS) is 13.1. The largest absolute Gasteiger partial charge is 0.355 e. The second kappa shape index (κ2) is 6.71. The lowest BCUT2D eigenvalue weighted by Crippen LogP contribution is -2.35. The Hall–Kier alpha value is -1.35. The number of carbonyl (C=O) groups excluding carboxylic acids is 1. The maximum Gasteiger partial charge on any atom is 0.220 e. The fourth-order valence-electron chi connectivity index (χ4n) is 1.79. The van der Waals surface area contributed by atoms with Crippen molar-refractivity contribution in [2.24, 2.45) is 5.73 Å². The third-order valence-corrected chi connectivity index (χ3v) is 3.08. The van der Waals surface area contributed by atoms with E-state index in [1.54, 1.807) is 0 Å². The van der Waals surface area contributed by atoms with Crippen molar-refractivity contribution >= 4 is 5.91 Å². The predicted molar refractivity (Wildman–Crippen MR) is 80.1 cm³/mol. The van der Waals surface area contributed by atoms with Gasteiger partial charge in [-0.3, -0.25) is 4.79 Å². The zero-order valence-electron chi connectivity index (χ0n) is 12.5. The molecule has 0 fully saturated rings. The molecule has 1 atom stereocenters. The minimum absolute atomic E-state index is 0.00928. The third kappa shape index (κ3) is 5.88. The van der Waals surface area contributed by atoms with E-state index in [0.29, 0.717) is 13.0 Å². The van der Waals surface area contributed by atoms with E-state index in [0.717, 1.165) is 6.42 Å². The molecular formula is C16H26N2O. The second-order valence-corrected chi connectivity index (χ2v) is 6.23. The fraction of sp³-hybridized carbons (Fsp3) is 0.562. The number of amides is 1. The minimum atomic E-state index is 0.00928. The first-order chi connectivity index (χ1) is 8.79. The molecule has 0 aromatic heterocycles. The Labute approximate surface area is 116 Å². The summed E-state index contributed by atoms with van der Waals surface area (Å²) in [7, 11) is 0. The highest BCUT2D eigenvalue weighted by molar-refractivity contribution is 5.76. The summed E-state index contributed by atoms with van der Waals surface area (Å²) in [6.45, 7) is 9.02. The smallest absolute Gasteiger partial charge is 0.220 e. The van der Waals surface area contributed by atoms with Gasteiger partial charge in [0.05, 0.1) is 0 Å². The van der Waals surface area contributed by atoms with Gasteiger partial charge in [-0.05, 0) is 29.9 Å². The van der Waals surface area contributed by atoms with Crippen LogP contribution < -0.4 is 11.1 Å². The Bertz CT molecular complexity index is 402. The van der Waals surface area contributed by atoms with Gasteiger partial charge >= 0.3 is 0 Å². The molecule has 1 aromatic carbocycles. The summed E-state index contributed by atoms with van der Waals surface area (Å²) in [5, 5.41) is 2.82. The Kier molecular flexibility index (Phi) is 5.55. The van der Waals surface area contributed by atoms with Crippen LogP contribution in [0.2, 0.25) is 0 Å². The summed E-state index contributed by atoms with van der Waals surface area (Å²) in [5.74, 6) is 0.0668. The Morgan fingerprint density at radius 3 is 2.32 bits per heavy atom. The van der Waals surface area contributed by atoms with Crippen molar-refractivity contribution in [3.63, 3.8) is 0 Å². The van der Waals surface area contributed by atoms with Gasteiger partial charge < -0.3 is 11.1 Å². The van der Waals surface area contributed by atoms with E-state index in [9.17, 15) is 4.79 Å². The van der Waals surface area contributed by atoms with Crippen LogP contribution in [0.25, 0.3) is 0 Å². The van der Waals surface area contributed by atoms with Gasteiger partial charge in [0.15, 0.2) is 0 Å². The number of benzene rings is 1. The molecule has 19 heavy (non-hydrogen) atoms. The molecule has 1 aromatic rings. The third-order valence-electron chi connectivity index (χ3n) is 3.08. The van der Waals surface area contributed by atoms with Crippen LogP contribution in [0, 0.1) is 0 Å². The quantitative estimate of drug-likeness (QED) is 0.856. The van der Waals surface area contributed by atoms with Crippen LogP contribution in [0.5, 0.6) is 0 Å². The molecule has 0 aliphatic heterocycles. The van der Waals surface area contributed by atoms with Crippen molar-refractivity contribution in [3.05, 3.63) is 35.4 Å². The Balaban J connectivity index is 2.44. The molecule has 1 amide bonds. The molecule has 0 saturated carbocycles. The standard InChI is InChI=1S/C16H26N2O/c1-12(17)11-18-15(19)10-7-13-5-8-14(9-6-13)16(2,3)4/h5-6,8-9,12H,7,10-11,17H2,1-4H3,(H,18,19). The van der Waals surface area contributed by atoms with E-state index in [1.165, 1.54) is 11.1 Å². The van der Waals surface area contributed by atoms with Crippen LogP contribution >= 0.6 is 0 Å². The molecule has 0 radical (unpaired) electrons. The van der Waals surface area contributed by atoms with Crippen LogP contribution in [0.4, 0.5) is 0 Å². The number of aryl methyl sites for hydroxylation is 1. The van der Waals surface area contributed by atoms with Gasteiger partial charge in [-0.25, -0.2) is 0 Å². The number of hydrogen-bond acceptors (Lipinski definition) is 2. The van der Waals surface area contributed by atoms with Crippen molar-refractivity contribution in [3.8, 4) is 0 Å². The minimum Gasteiger partial charge on any atom is -0.355 e. The second-order valence-electron chi connectivity index (χ2n) is 6.23. The highest BCUT2D eigenvalue weighted by atomic mass is 16.1. The fourth-order valence-corrected chi connectivity index (χ4v) is 1.79. The molecule has 106 valence electrons. The first-order valence-electron chi connectivity index (χ1n) is 6.91. The Morgan fingerprint density at radius 1 is 1.26 bits per heavy atom. The molecular weight excluding hydrogens is 236 g/mol. The molecule has 3 heteroatoms. The average Bonchev–Trinajstić information content (AvgIpc) is 2.33. The molecule has 0 saturated heterocycles. The number of hydrogen-bond donors (Lipinski definition) is 2. The summed E-state index contributed by atoms with van der Waals surface area (Å²) in [6, 6.07) is 8.53. The molecule has 0 aliphatic rings. The van der Waals surface area contributed by atoms with E-state index in [2.05, 4.69) is 50.4 Å². The van der Waals surface area contributed by atoms with E-state index >= 15 is 0 Å². The summed E-state index contributed by atoms with van der Waals surface area (Å²) in [4.78, 5) is 11.6. The summed E-state index contributed by atoms with van der Waals surface area (Å²) in [5.41, 5.74) is 8.28. The van der Waals surface area contributed by atoms with Gasteiger partial charge in [0.2, 0.25) is 5.91 Å². The van der Waals surface area contributed by atoms with Gasteiger partial charge in [0.1, 0.15) is 0 Å². The lowest BCUT2D eigenvalue weighted by Gasteiger charge is -2.19. The van der Waals surface area contributed by atoms with Crippen molar-refractivity contribution in [2.75, 3.05) is 6.54 Å². The summed E-state index contributed by atoms with van der Waals surface area (Å²) >= 11 is 0. The predicted octanol–water partition coefficient (Wildman–Crippen LogP) is 2.38. The summed E-state index contributed by atoms with van der Waals surface area (Å²) in [6.07, 6.45) is 1.29. The maximum absolute atomic E-state index is 11.6. The van der Waals surface area contributed by atoms with Crippen LogP contribution in [0.15, 0.2) is 24.3 Å². The average molecular weight is 262 g/mol. The SMILES string of the molecule is CC(N)CNC(=O)CCc1ccc(C(C)(C)C)cc1. The molecule has 3 nitrogen and oxygen atoms in total. The molecule has 1 unspecified atom stereocenters. The molecule has 0 aliphatic carbocycles. The molecule has 0 bridgehead atoms. The van der Waals surface area contributed by atoms with Crippen molar-refractivity contribution in [2.45, 2.75) is 52.0 Å². The Morgan fingerprint density at radius 2 is 1.84 bits per heavy atom. The van der Waals surface area contributed by atoms with Crippen LogP contribution in [0.1, 0.15) is 45.2 Å². The molecule has 3 N–H and O–H groups in total. The first-order valence-corrected chi connectivity index (χ1v) is 6.91. The van der Waals surface area contributed by atoms with E-state index in [4.69, 9.17) is 5.73 Å². The van der Waals surface area contributed by atoms with Gasteiger partial charge in [0, 0.05) is 19.0 Å². The van der Waals surface area contributed by atoms with Crippen molar-refractivity contribution in [1.29, 1.82) is 0 Å². The zero-order valence-corrected chi connectivity index (χ0v) is 12.5. The van der Waals surface area contributed by atoms with Gasteiger partial charge in [-0.15, -0.1) is 0 Å². The number of nitrogens with one attached hydrogen (secondary N) is 1. The number of nitrogens with two attached hydrogens (primary N) is 1. The molecule has 1 rings (SSSR count). The first kappa shape index (κ1) is 15.7.